The zero-order chi connectivity index (χ0) is 17.0. The van der Waals surface area contributed by atoms with E-state index in [4.69, 9.17) is 9.47 Å². The molecule has 2 rings (SSSR count). The van der Waals surface area contributed by atoms with Gasteiger partial charge in [0.1, 0.15) is 5.82 Å². The summed E-state index contributed by atoms with van der Waals surface area (Å²) in [6.45, 7) is 4.45. The molecule has 1 saturated heterocycles. The number of benzene rings is 1. The maximum atomic E-state index is 13.6. The van der Waals surface area contributed by atoms with Gasteiger partial charge in [0.15, 0.2) is 5.96 Å². The van der Waals surface area contributed by atoms with Crippen molar-refractivity contribution in [3.05, 3.63) is 35.6 Å². The number of nitrogens with one attached hydrogen (secondary N) is 2. The van der Waals surface area contributed by atoms with Crippen LogP contribution in [0.3, 0.4) is 0 Å². The average Bonchev–Trinajstić information content (AvgIpc) is 2.62. The molecule has 0 amide bonds. The summed E-state index contributed by atoms with van der Waals surface area (Å²) in [5.41, 5.74) is 0.625. The Morgan fingerprint density at radius 2 is 2.04 bits per heavy atom. The van der Waals surface area contributed by atoms with Crippen LogP contribution in [0.25, 0.3) is 0 Å². The van der Waals surface area contributed by atoms with Crippen molar-refractivity contribution in [1.82, 2.24) is 10.6 Å². The molecule has 7 heteroatoms. The first-order chi connectivity index (χ1) is 11.8. The number of ether oxygens (including phenoxy) is 2. The predicted molar refractivity (Wildman–Crippen MR) is 109 cm³/mol. The summed E-state index contributed by atoms with van der Waals surface area (Å²) >= 11 is 0. The molecule has 0 spiro atoms. The van der Waals surface area contributed by atoms with Gasteiger partial charge in [-0.2, -0.15) is 0 Å². The van der Waals surface area contributed by atoms with E-state index >= 15 is 0 Å². The second-order valence-electron chi connectivity index (χ2n) is 5.93. The van der Waals surface area contributed by atoms with E-state index in [1.165, 1.54) is 6.07 Å². The minimum atomic E-state index is -0.207. The quantitative estimate of drug-likeness (QED) is 0.268. The number of nitrogens with zero attached hydrogens (tertiary/aromatic N) is 1. The summed E-state index contributed by atoms with van der Waals surface area (Å²) in [5.74, 6) is 1.10. The maximum absolute atomic E-state index is 13.6. The van der Waals surface area contributed by atoms with E-state index in [2.05, 4.69) is 15.6 Å². The van der Waals surface area contributed by atoms with E-state index in [1.807, 2.05) is 6.07 Å². The molecule has 1 aromatic carbocycles. The molecule has 0 saturated carbocycles. The highest BCUT2D eigenvalue weighted by atomic mass is 127. The van der Waals surface area contributed by atoms with Gasteiger partial charge in [0.05, 0.1) is 0 Å². The lowest BCUT2D eigenvalue weighted by atomic mass is 10.0. The molecular formula is C18H29FIN3O2. The van der Waals surface area contributed by atoms with Crippen LogP contribution in [-0.2, 0) is 16.0 Å². The predicted octanol–water partition coefficient (Wildman–Crippen LogP) is 2.94. The zero-order valence-corrected chi connectivity index (χ0v) is 17.1. The molecule has 0 unspecified atom stereocenters. The first-order valence-electron chi connectivity index (χ1n) is 8.63. The smallest absolute Gasteiger partial charge is 0.191 e. The van der Waals surface area contributed by atoms with Crippen molar-refractivity contribution in [2.24, 2.45) is 10.9 Å². The van der Waals surface area contributed by atoms with E-state index in [-0.39, 0.29) is 29.8 Å². The van der Waals surface area contributed by atoms with Crippen LogP contribution in [0.5, 0.6) is 0 Å². The summed E-state index contributed by atoms with van der Waals surface area (Å²) in [5, 5.41) is 6.33. The third-order valence-corrected chi connectivity index (χ3v) is 4.08. The molecule has 142 valence electrons. The first-order valence-corrected chi connectivity index (χ1v) is 8.63. The highest BCUT2D eigenvalue weighted by Crippen LogP contribution is 2.14. The highest BCUT2D eigenvalue weighted by Gasteiger charge is 2.13. The van der Waals surface area contributed by atoms with Crippen LogP contribution in [0.2, 0.25) is 0 Å². The third-order valence-electron chi connectivity index (χ3n) is 4.08. The fraction of sp³-hybridized carbons (Fsp3) is 0.611. The Labute approximate surface area is 166 Å². The Hall–Kier alpha value is -0.930. The van der Waals surface area contributed by atoms with E-state index in [0.29, 0.717) is 24.0 Å². The molecule has 1 aromatic rings. The molecule has 0 radical (unpaired) electrons. The molecule has 0 bridgehead atoms. The fourth-order valence-corrected chi connectivity index (χ4v) is 2.59. The molecule has 25 heavy (non-hydrogen) atoms. The van der Waals surface area contributed by atoms with Crippen molar-refractivity contribution in [1.29, 1.82) is 0 Å². The molecular weight excluding hydrogens is 436 g/mol. The van der Waals surface area contributed by atoms with E-state index in [0.717, 1.165) is 52.2 Å². The monoisotopic (exact) mass is 465 g/mol. The number of rotatable bonds is 8. The molecule has 0 aromatic heterocycles. The standard InChI is InChI=1S/C18H28FN3O2.HI/c1-20-18(22-13-16-5-2-3-6-17(16)19)21-9-4-10-24-14-15-7-11-23-12-8-15;/h2-3,5-6,15H,4,7-14H2,1H3,(H2,20,21,22);1H. The molecule has 1 heterocycles. The lowest BCUT2D eigenvalue weighted by molar-refractivity contribution is 0.0203. The Kier molecular flexibility index (Phi) is 11.8. The van der Waals surface area contributed by atoms with Gasteiger partial charge in [-0.05, 0) is 31.2 Å². The molecule has 2 N–H and O–H groups in total. The van der Waals surface area contributed by atoms with Crippen molar-refractivity contribution in [3.63, 3.8) is 0 Å². The van der Waals surface area contributed by atoms with Gasteiger partial charge in [-0.1, -0.05) is 18.2 Å². The topological polar surface area (TPSA) is 54.9 Å². The van der Waals surface area contributed by atoms with Crippen LogP contribution < -0.4 is 10.6 Å². The molecule has 5 nitrogen and oxygen atoms in total. The number of hydrogen-bond donors (Lipinski definition) is 2. The van der Waals surface area contributed by atoms with Crippen molar-refractivity contribution >= 4 is 29.9 Å². The Morgan fingerprint density at radius 1 is 1.28 bits per heavy atom. The summed E-state index contributed by atoms with van der Waals surface area (Å²) < 4.78 is 24.6. The Bertz CT molecular complexity index is 511. The van der Waals surface area contributed by atoms with Crippen LogP contribution in [0, 0.1) is 11.7 Å². The van der Waals surface area contributed by atoms with Crippen LogP contribution in [0.4, 0.5) is 4.39 Å². The van der Waals surface area contributed by atoms with Gasteiger partial charge < -0.3 is 20.1 Å². The lowest BCUT2D eigenvalue weighted by Crippen LogP contribution is -2.37. The molecule has 0 atom stereocenters. The van der Waals surface area contributed by atoms with Gasteiger partial charge in [-0.25, -0.2) is 4.39 Å². The minimum absolute atomic E-state index is 0. The molecule has 1 aliphatic rings. The van der Waals surface area contributed by atoms with Crippen molar-refractivity contribution in [2.75, 3.05) is 40.0 Å². The van der Waals surface area contributed by atoms with Gasteiger partial charge in [-0.15, -0.1) is 24.0 Å². The minimum Gasteiger partial charge on any atom is -0.381 e. The molecule has 0 aliphatic carbocycles. The van der Waals surface area contributed by atoms with Gasteiger partial charge in [-0.3, -0.25) is 4.99 Å². The summed E-state index contributed by atoms with van der Waals surface area (Å²) in [6.07, 6.45) is 3.11. The van der Waals surface area contributed by atoms with Crippen molar-refractivity contribution < 1.29 is 13.9 Å². The summed E-state index contributed by atoms with van der Waals surface area (Å²) in [6, 6.07) is 6.74. The van der Waals surface area contributed by atoms with Gasteiger partial charge >= 0.3 is 0 Å². The summed E-state index contributed by atoms with van der Waals surface area (Å²) in [4.78, 5) is 4.14. The summed E-state index contributed by atoms with van der Waals surface area (Å²) in [7, 11) is 1.71. The highest BCUT2D eigenvalue weighted by molar-refractivity contribution is 14.0. The SMILES string of the molecule is CN=C(NCCCOCC1CCOCC1)NCc1ccccc1F.I. The second-order valence-corrected chi connectivity index (χ2v) is 5.93. The van der Waals surface area contributed by atoms with E-state index < -0.39 is 0 Å². The van der Waals surface area contributed by atoms with E-state index in [9.17, 15) is 4.39 Å². The zero-order valence-electron chi connectivity index (χ0n) is 14.8. The van der Waals surface area contributed by atoms with Crippen LogP contribution in [0.15, 0.2) is 29.3 Å². The number of hydrogen-bond acceptors (Lipinski definition) is 3. The largest absolute Gasteiger partial charge is 0.381 e. The lowest BCUT2D eigenvalue weighted by Gasteiger charge is -2.21. The van der Waals surface area contributed by atoms with Crippen LogP contribution in [0.1, 0.15) is 24.8 Å². The van der Waals surface area contributed by atoms with Gasteiger partial charge in [0.2, 0.25) is 0 Å². The van der Waals surface area contributed by atoms with Crippen LogP contribution in [-0.4, -0.2) is 46.0 Å². The first kappa shape index (κ1) is 22.1. The van der Waals surface area contributed by atoms with E-state index in [1.54, 1.807) is 19.2 Å². The number of aliphatic imine (C=N–C) groups is 1. The van der Waals surface area contributed by atoms with Gasteiger partial charge in [0, 0.05) is 52.1 Å². The van der Waals surface area contributed by atoms with Gasteiger partial charge in [0.25, 0.3) is 0 Å². The number of halogens is 2. The second kappa shape index (κ2) is 13.3. The molecule has 1 aliphatic heterocycles. The Morgan fingerprint density at radius 3 is 2.76 bits per heavy atom. The fourth-order valence-electron chi connectivity index (χ4n) is 2.59. The Balaban J connectivity index is 0.00000312. The normalized spacial score (nSPS) is 15.5. The molecule has 1 fully saturated rings. The van der Waals surface area contributed by atoms with Crippen LogP contribution >= 0.6 is 24.0 Å². The third kappa shape index (κ3) is 8.82. The average molecular weight is 465 g/mol. The number of guanidine groups is 1. The van der Waals surface area contributed by atoms with Crippen molar-refractivity contribution in [3.8, 4) is 0 Å². The maximum Gasteiger partial charge on any atom is 0.191 e. The van der Waals surface area contributed by atoms with Crippen molar-refractivity contribution in [2.45, 2.75) is 25.8 Å².